The lowest BCUT2D eigenvalue weighted by Crippen LogP contribution is -2.16. The fourth-order valence-corrected chi connectivity index (χ4v) is 3.22. The van der Waals surface area contributed by atoms with Gasteiger partial charge in [0.2, 0.25) is 17.8 Å². The molecule has 0 bridgehead atoms. The van der Waals surface area contributed by atoms with E-state index in [2.05, 4.69) is 30.8 Å². The Morgan fingerprint density at radius 3 is 2.60 bits per heavy atom. The first-order chi connectivity index (χ1) is 16.9. The average Bonchev–Trinajstić information content (AvgIpc) is 3.32. The van der Waals surface area contributed by atoms with Gasteiger partial charge in [0.15, 0.2) is 0 Å². The van der Waals surface area contributed by atoms with Crippen LogP contribution in [0.2, 0.25) is 5.02 Å². The molecule has 0 saturated carbocycles. The van der Waals surface area contributed by atoms with Crippen LogP contribution in [0.5, 0.6) is 0 Å². The van der Waals surface area contributed by atoms with E-state index in [-0.39, 0.29) is 11.6 Å². The lowest BCUT2D eigenvalue weighted by molar-refractivity contribution is -0.384. The first kappa shape index (κ1) is 23.6. The molecule has 2 heterocycles. The van der Waals surface area contributed by atoms with Crippen molar-refractivity contribution < 1.29 is 9.34 Å². The summed E-state index contributed by atoms with van der Waals surface area (Å²) in [7, 11) is 3.65. The lowest BCUT2D eigenvalue weighted by Gasteiger charge is -2.13. The second-order valence-electron chi connectivity index (χ2n) is 7.51. The SMILES string of the molecule is CN(C)c1nc(NCc2ccccc2)nc(N/N=C/c2ccc(-c3cc([N+](=O)[O-])ccc3Cl)o2)n1. The molecule has 11 nitrogen and oxygen atoms in total. The number of rotatable bonds is 9. The van der Waals surface area contributed by atoms with Crippen LogP contribution in [0, 0.1) is 10.1 Å². The third-order valence-electron chi connectivity index (χ3n) is 4.73. The number of nitrogens with zero attached hydrogens (tertiary/aromatic N) is 6. The molecule has 2 aromatic carbocycles. The molecule has 4 rings (SSSR count). The molecule has 178 valence electrons. The Hall–Kier alpha value is -4.51. The van der Waals surface area contributed by atoms with Crippen molar-refractivity contribution in [2.24, 2.45) is 5.10 Å². The molecule has 0 fully saturated rings. The van der Waals surface area contributed by atoms with Gasteiger partial charge in [-0.05, 0) is 23.8 Å². The fourth-order valence-electron chi connectivity index (χ4n) is 3.01. The number of furan rings is 1. The molecule has 0 aliphatic carbocycles. The zero-order valence-corrected chi connectivity index (χ0v) is 19.6. The number of anilines is 3. The van der Waals surface area contributed by atoms with Crippen molar-refractivity contribution in [3.63, 3.8) is 0 Å². The summed E-state index contributed by atoms with van der Waals surface area (Å²) in [4.78, 5) is 25.4. The van der Waals surface area contributed by atoms with Gasteiger partial charge in [0, 0.05) is 38.3 Å². The van der Waals surface area contributed by atoms with E-state index in [0.717, 1.165) is 5.56 Å². The molecule has 0 atom stereocenters. The number of nitrogens with one attached hydrogen (secondary N) is 2. The van der Waals surface area contributed by atoms with Gasteiger partial charge in [-0.1, -0.05) is 41.9 Å². The van der Waals surface area contributed by atoms with Gasteiger partial charge in [0.1, 0.15) is 11.5 Å². The molecule has 0 radical (unpaired) electrons. The van der Waals surface area contributed by atoms with Gasteiger partial charge in [-0.2, -0.15) is 20.1 Å². The highest BCUT2D eigenvalue weighted by molar-refractivity contribution is 6.33. The number of hydrogen-bond donors (Lipinski definition) is 2. The first-order valence-electron chi connectivity index (χ1n) is 10.4. The summed E-state index contributed by atoms with van der Waals surface area (Å²) in [6, 6.07) is 17.4. The lowest BCUT2D eigenvalue weighted by atomic mass is 10.1. The van der Waals surface area contributed by atoms with E-state index >= 15 is 0 Å². The van der Waals surface area contributed by atoms with Crippen LogP contribution in [0.1, 0.15) is 11.3 Å². The van der Waals surface area contributed by atoms with E-state index in [0.29, 0.717) is 40.5 Å². The molecule has 35 heavy (non-hydrogen) atoms. The van der Waals surface area contributed by atoms with Crippen LogP contribution < -0.4 is 15.6 Å². The van der Waals surface area contributed by atoms with Crippen LogP contribution in [0.15, 0.2) is 70.2 Å². The van der Waals surface area contributed by atoms with Crippen molar-refractivity contribution >= 4 is 41.3 Å². The zero-order chi connectivity index (χ0) is 24.8. The summed E-state index contributed by atoms with van der Waals surface area (Å²) in [5, 5.41) is 18.7. The highest BCUT2D eigenvalue weighted by atomic mass is 35.5. The number of nitro groups is 1. The zero-order valence-electron chi connectivity index (χ0n) is 18.8. The van der Waals surface area contributed by atoms with Gasteiger partial charge in [0.05, 0.1) is 16.2 Å². The summed E-state index contributed by atoms with van der Waals surface area (Å²) in [5.74, 6) is 1.87. The van der Waals surface area contributed by atoms with Crippen molar-refractivity contribution in [2.75, 3.05) is 29.7 Å². The van der Waals surface area contributed by atoms with Crippen LogP contribution in [0.3, 0.4) is 0 Å². The molecular formula is C23H21ClN8O3. The molecule has 0 saturated heterocycles. The van der Waals surface area contributed by atoms with Crippen molar-refractivity contribution in [1.29, 1.82) is 0 Å². The van der Waals surface area contributed by atoms with Crippen LogP contribution in [-0.2, 0) is 6.54 Å². The highest BCUT2D eigenvalue weighted by Gasteiger charge is 2.14. The van der Waals surface area contributed by atoms with Crippen molar-refractivity contribution in [1.82, 2.24) is 15.0 Å². The third kappa shape index (κ3) is 6.09. The van der Waals surface area contributed by atoms with Crippen LogP contribution in [0.4, 0.5) is 23.5 Å². The summed E-state index contributed by atoms with van der Waals surface area (Å²) in [6.07, 6.45) is 1.44. The number of hydrazone groups is 1. The quantitative estimate of drug-likeness (QED) is 0.191. The molecule has 2 N–H and O–H groups in total. The molecule has 2 aromatic heterocycles. The molecule has 0 spiro atoms. The molecule has 12 heteroatoms. The maximum absolute atomic E-state index is 11.1. The predicted octanol–water partition coefficient (Wildman–Crippen LogP) is 4.82. The van der Waals surface area contributed by atoms with Gasteiger partial charge < -0.3 is 14.6 Å². The first-order valence-corrected chi connectivity index (χ1v) is 10.8. The number of nitro benzene ring substituents is 1. The van der Waals surface area contributed by atoms with Crippen molar-refractivity contribution in [2.45, 2.75) is 6.54 Å². The van der Waals surface area contributed by atoms with Gasteiger partial charge in [-0.3, -0.25) is 10.1 Å². The average molecular weight is 493 g/mol. The van der Waals surface area contributed by atoms with Crippen molar-refractivity contribution in [3.05, 3.63) is 87.1 Å². The van der Waals surface area contributed by atoms with E-state index in [4.69, 9.17) is 16.0 Å². The monoisotopic (exact) mass is 492 g/mol. The van der Waals surface area contributed by atoms with E-state index in [9.17, 15) is 10.1 Å². The Labute approximate surface area is 205 Å². The summed E-state index contributed by atoms with van der Waals surface area (Å²) >= 11 is 6.19. The number of non-ortho nitro benzene ring substituents is 1. The summed E-state index contributed by atoms with van der Waals surface area (Å²) < 4.78 is 5.73. The predicted molar refractivity (Wildman–Crippen MR) is 135 cm³/mol. The fraction of sp³-hybridized carbons (Fsp3) is 0.130. The van der Waals surface area contributed by atoms with Gasteiger partial charge in [0.25, 0.3) is 5.69 Å². The molecule has 0 amide bonds. The maximum atomic E-state index is 11.1. The van der Waals surface area contributed by atoms with E-state index < -0.39 is 4.92 Å². The molecule has 0 unspecified atom stereocenters. The molecule has 4 aromatic rings. The summed E-state index contributed by atoms with van der Waals surface area (Å²) in [6.45, 7) is 0.551. The third-order valence-corrected chi connectivity index (χ3v) is 5.06. The number of aromatic nitrogens is 3. The minimum Gasteiger partial charge on any atom is -0.455 e. The van der Waals surface area contributed by atoms with Crippen LogP contribution in [0.25, 0.3) is 11.3 Å². The minimum atomic E-state index is -0.491. The van der Waals surface area contributed by atoms with Gasteiger partial charge in [-0.15, -0.1) is 0 Å². The topological polar surface area (TPSA) is 135 Å². The second kappa shape index (κ2) is 10.6. The Kier molecular flexibility index (Phi) is 7.17. The summed E-state index contributed by atoms with van der Waals surface area (Å²) in [5.41, 5.74) is 4.19. The number of benzene rings is 2. The van der Waals surface area contributed by atoms with Gasteiger partial charge in [-0.25, -0.2) is 5.43 Å². The minimum absolute atomic E-state index is 0.0825. The van der Waals surface area contributed by atoms with E-state index in [1.54, 1.807) is 17.0 Å². The molecular weight excluding hydrogens is 472 g/mol. The highest BCUT2D eigenvalue weighted by Crippen LogP contribution is 2.32. The van der Waals surface area contributed by atoms with E-state index in [1.807, 2.05) is 44.4 Å². The van der Waals surface area contributed by atoms with Crippen LogP contribution >= 0.6 is 11.6 Å². The maximum Gasteiger partial charge on any atom is 0.270 e. The second-order valence-corrected chi connectivity index (χ2v) is 7.92. The van der Waals surface area contributed by atoms with E-state index in [1.165, 1.54) is 24.4 Å². The van der Waals surface area contributed by atoms with Crippen LogP contribution in [-0.4, -0.2) is 40.2 Å². The molecule has 0 aliphatic heterocycles. The Bertz CT molecular complexity index is 1360. The smallest absolute Gasteiger partial charge is 0.270 e. The van der Waals surface area contributed by atoms with Crippen molar-refractivity contribution in [3.8, 4) is 11.3 Å². The standard InChI is InChI=1S/C23H21ClN8O3/c1-31(2)23-28-21(25-13-15-6-4-3-5-7-15)27-22(29-23)30-26-14-17-9-11-20(35-17)18-12-16(32(33)34)8-10-19(18)24/h3-12,14H,13H2,1-2H3,(H2,25,27,28,29,30)/b26-14+. The number of hydrogen-bond acceptors (Lipinski definition) is 10. The Morgan fingerprint density at radius 1 is 1.09 bits per heavy atom. The largest absolute Gasteiger partial charge is 0.455 e. The number of halogens is 1. The Balaban J connectivity index is 1.47. The van der Waals surface area contributed by atoms with Gasteiger partial charge >= 0.3 is 0 Å². The Morgan fingerprint density at radius 2 is 1.86 bits per heavy atom. The normalized spacial score (nSPS) is 10.9. The molecule has 0 aliphatic rings.